The molecule has 0 spiro atoms. The average molecular weight is 335 g/mol. The third-order valence-corrected chi connectivity index (χ3v) is 4.28. The van der Waals surface area contributed by atoms with E-state index in [0.717, 1.165) is 32.1 Å². The van der Waals surface area contributed by atoms with Crippen LogP contribution in [0.1, 0.15) is 32.1 Å². The van der Waals surface area contributed by atoms with Gasteiger partial charge in [-0.2, -0.15) is 0 Å². The first-order chi connectivity index (χ1) is 11.4. The van der Waals surface area contributed by atoms with E-state index in [1.165, 1.54) is 30.2 Å². The summed E-state index contributed by atoms with van der Waals surface area (Å²) in [4.78, 5) is 36.2. The molecule has 0 unspecified atom stereocenters. The maximum absolute atomic E-state index is 12.3. The fourth-order valence-corrected chi connectivity index (χ4v) is 2.87. The zero-order valence-electron chi connectivity index (χ0n) is 13.8. The van der Waals surface area contributed by atoms with Gasteiger partial charge in [-0.05, 0) is 18.9 Å². The summed E-state index contributed by atoms with van der Waals surface area (Å²) in [5, 5.41) is 13.2. The van der Waals surface area contributed by atoms with Gasteiger partial charge in [0, 0.05) is 19.2 Å². The molecule has 1 N–H and O–H groups in total. The molecule has 2 amide bonds. The van der Waals surface area contributed by atoms with Crippen molar-refractivity contribution in [2.24, 2.45) is 0 Å². The number of methoxy groups -OCH3 is 1. The molecule has 8 heteroatoms. The predicted molar refractivity (Wildman–Crippen MR) is 87.9 cm³/mol. The van der Waals surface area contributed by atoms with Crippen LogP contribution in [-0.4, -0.2) is 41.8 Å². The molecule has 24 heavy (non-hydrogen) atoms. The quantitative estimate of drug-likeness (QED) is 0.517. The summed E-state index contributed by atoms with van der Waals surface area (Å²) in [5.41, 5.74) is 0.0639. The number of rotatable bonds is 4. The van der Waals surface area contributed by atoms with Gasteiger partial charge in [-0.25, -0.2) is 0 Å². The number of likely N-dealkylation sites (N-methyl/N-ethyl adjacent to an activating group) is 1. The summed E-state index contributed by atoms with van der Waals surface area (Å²) in [6.07, 6.45) is 5.07. The third-order valence-electron chi connectivity index (χ3n) is 4.28. The lowest BCUT2D eigenvalue weighted by Crippen LogP contribution is -2.44. The molecule has 0 bridgehead atoms. The molecule has 1 aliphatic rings. The molecule has 1 aliphatic carbocycles. The molecule has 1 aromatic carbocycles. The van der Waals surface area contributed by atoms with Gasteiger partial charge in [0.2, 0.25) is 0 Å². The van der Waals surface area contributed by atoms with Crippen LogP contribution in [0, 0.1) is 10.1 Å². The first kappa shape index (κ1) is 17.7. The van der Waals surface area contributed by atoms with E-state index in [2.05, 4.69) is 5.32 Å². The summed E-state index contributed by atoms with van der Waals surface area (Å²) in [6.45, 7) is 0. The zero-order chi connectivity index (χ0) is 17.7. The highest BCUT2D eigenvalue weighted by atomic mass is 16.6. The highest BCUT2D eigenvalue weighted by molar-refractivity contribution is 6.39. The van der Waals surface area contributed by atoms with Gasteiger partial charge in [0.25, 0.3) is 5.69 Å². The number of ether oxygens (including phenoxy) is 1. The van der Waals surface area contributed by atoms with Crippen molar-refractivity contribution in [1.29, 1.82) is 0 Å². The van der Waals surface area contributed by atoms with E-state index >= 15 is 0 Å². The summed E-state index contributed by atoms with van der Waals surface area (Å²) < 4.78 is 5.05. The van der Waals surface area contributed by atoms with E-state index in [-0.39, 0.29) is 23.2 Å². The molecule has 0 heterocycles. The Hall–Kier alpha value is -2.64. The van der Waals surface area contributed by atoms with Crippen LogP contribution in [0.3, 0.4) is 0 Å². The minimum absolute atomic E-state index is 0.0794. The minimum atomic E-state index is -0.782. The first-order valence-electron chi connectivity index (χ1n) is 7.84. The highest BCUT2D eigenvalue weighted by Crippen LogP contribution is 2.29. The number of carbonyl (C=O) groups is 2. The Bertz CT molecular complexity index is 641. The number of nitro benzene ring substituents is 1. The van der Waals surface area contributed by atoms with Gasteiger partial charge < -0.3 is 15.0 Å². The van der Waals surface area contributed by atoms with Gasteiger partial charge in [-0.15, -0.1) is 0 Å². The maximum atomic E-state index is 12.3. The number of amides is 2. The van der Waals surface area contributed by atoms with E-state index in [1.807, 2.05) is 0 Å². The Morgan fingerprint density at radius 1 is 1.29 bits per heavy atom. The summed E-state index contributed by atoms with van der Waals surface area (Å²) >= 11 is 0. The zero-order valence-corrected chi connectivity index (χ0v) is 13.8. The number of non-ortho nitro benzene ring substituents is 1. The summed E-state index contributed by atoms with van der Waals surface area (Å²) in [6, 6.07) is 3.87. The maximum Gasteiger partial charge on any atom is 0.314 e. The first-order valence-corrected chi connectivity index (χ1v) is 7.84. The Labute approximate surface area is 139 Å². The second kappa shape index (κ2) is 7.76. The van der Waals surface area contributed by atoms with E-state index < -0.39 is 16.7 Å². The van der Waals surface area contributed by atoms with E-state index in [4.69, 9.17) is 4.74 Å². The second-order valence-corrected chi connectivity index (χ2v) is 5.80. The van der Waals surface area contributed by atoms with Gasteiger partial charge in [0.15, 0.2) is 0 Å². The number of hydrogen-bond donors (Lipinski definition) is 1. The molecule has 1 fully saturated rings. The predicted octanol–water partition coefficient (Wildman–Crippen LogP) is 2.33. The van der Waals surface area contributed by atoms with Crippen molar-refractivity contribution in [3.63, 3.8) is 0 Å². The van der Waals surface area contributed by atoms with Crippen LogP contribution >= 0.6 is 0 Å². The number of nitro groups is 1. The molecule has 0 radical (unpaired) electrons. The Morgan fingerprint density at radius 3 is 2.54 bits per heavy atom. The summed E-state index contributed by atoms with van der Waals surface area (Å²) in [7, 11) is 2.97. The van der Waals surface area contributed by atoms with Crippen molar-refractivity contribution in [2.45, 2.75) is 38.1 Å². The second-order valence-electron chi connectivity index (χ2n) is 5.80. The van der Waals surface area contributed by atoms with Gasteiger partial charge in [0.1, 0.15) is 5.75 Å². The van der Waals surface area contributed by atoms with Crippen LogP contribution in [0.5, 0.6) is 5.75 Å². The third kappa shape index (κ3) is 4.01. The van der Waals surface area contributed by atoms with Gasteiger partial charge in [-0.3, -0.25) is 19.7 Å². The van der Waals surface area contributed by atoms with E-state index in [1.54, 1.807) is 7.05 Å². The largest absolute Gasteiger partial charge is 0.494 e. The molecular weight excluding hydrogens is 314 g/mol. The fourth-order valence-electron chi connectivity index (χ4n) is 2.87. The number of hydrogen-bond acceptors (Lipinski definition) is 5. The monoisotopic (exact) mass is 335 g/mol. The normalized spacial score (nSPS) is 14.8. The van der Waals surface area contributed by atoms with Crippen LogP contribution in [0.25, 0.3) is 0 Å². The van der Waals surface area contributed by atoms with Crippen LogP contribution < -0.4 is 10.1 Å². The lowest BCUT2D eigenvalue weighted by Gasteiger charge is -2.30. The molecule has 1 aromatic rings. The average Bonchev–Trinajstić information content (AvgIpc) is 2.61. The number of carbonyl (C=O) groups excluding carboxylic acids is 2. The van der Waals surface area contributed by atoms with Crippen molar-refractivity contribution in [1.82, 2.24) is 4.90 Å². The van der Waals surface area contributed by atoms with Crippen molar-refractivity contribution in [3.05, 3.63) is 28.3 Å². The lowest BCUT2D eigenvalue weighted by molar-refractivity contribution is -0.384. The molecular formula is C16H21N3O5. The Kier molecular flexibility index (Phi) is 5.73. The Balaban J connectivity index is 2.08. The van der Waals surface area contributed by atoms with Crippen LogP contribution in [0.15, 0.2) is 18.2 Å². The van der Waals surface area contributed by atoms with Crippen LogP contribution in [-0.2, 0) is 9.59 Å². The lowest BCUT2D eigenvalue weighted by atomic mass is 9.94. The SMILES string of the molecule is COc1cc([N+](=O)[O-])ccc1NC(=O)C(=O)N(C)C1CCCCC1. The number of nitrogens with zero attached hydrogens (tertiary/aromatic N) is 2. The molecule has 130 valence electrons. The number of nitrogens with one attached hydrogen (secondary N) is 1. The van der Waals surface area contributed by atoms with E-state index in [9.17, 15) is 19.7 Å². The fraction of sp³-hybridized carbons (Fsp3) is 0.500. The molecule has 2 rings (SSSR count). The minimum Gasteiger partial charge on any atom is -0.494 e. The molecule has 0 saturated heterocycles. The molecule has 8 nitrogen and oxygen atoms in total. The van der Waals surface area contributed by atoms with Crippen molar-refractivity contribution in [2.75, 3.05) is 19.5 Å². The smallest absolute Gasteiger partial charge is 0.314 e. The van der Waals surface area contributed by atoms with Crippen molar-refractivity contribution < 1.29 is 19.2 Å². The van der Waals surface area contributed by atoms with Crippen molar-refractivity contribution in [3.8, 4) is 5.75 Å². The standard InChI is InChI=1S/C16H21N3O5/c1-18(11-6-4-3-5-7-11)16(21)15(20)17-13-9-8-12(19(22)23)10-14(13)24-2/h8-11H,3-7H2,1-2H3,(H,17,20). The van der Waals surface area contributed by atoms with E-state index in [0.29, 0.717) is 0 Å². The molecule has 1 saturated carbocycles. The molecule has 0 aliphatic heterocycles. The molecule has 0 aromatic heterocycles. The van der Waals surface area contributed by atoms with Gasteiger partial charge in [0.05, 0.1) is 23.8 Å². The van der Waals surface area contributed by atoms with Crippen molar-refractivity contribution >= 4 is 23.2 Å². The summed E-state index contributed by atoms with van der Waals surface area (Å²) in [5.74, 6) is -1.27. The topological polar surface area (TPSA) is 102 Å². The number of benzene rings is 1. The van der Waals surface area contributed by atoms with Crippen LogP contribution in [0.4, 0.5) is 11.4 Å². The van der Waals surface area contributed by atoms with Gasteiger partial charge in [-0.1, -0.05) is 19.3 Å². The van der Waals surface area contributed by atoms with Gasteiger partial charge >= 0.3 is 11.8 Å². The van der Waals surface area contributed by atoms with Crippen LogP contribution in [0.2, 0.25) is 0 Å². The Morgan fingerprint density at radius 2 is 1.96 bits per heavy atom. The molecule has 0 atom stereocenters. The number of anilines is 1. The highest BCUT2D eigenvalue weighted by Gasteiger charge is 2.27.